The largest absolute Gasteiger partial charge is 0.311 e. The number of para-hydroxylation sites is 1. The molecule has 0 radical (unpaired) electrons. The first-order chi connectivity index (χ1) is 10.8. The number of aromatic nitrogens is 4. The van der Waals surface area contributed by atoms with Gasteiger partial charge in [0.25, 0.3) is 0 Å². The Balaban J connectivity index is 1.47. The maximum Gasteiger partial charge on any atom is 0.214 e. The van der Waals surface area contributed by atoms with Gasteiger partial charge in [0.15, 0.2) is 0 Å². The highest BCUT2D eigenvalue weighted by molar-refractivity contribution is 9.10. The highest BCUT2D eigenvalue weighted by atomic mass is 79.9. The smallest absolute Gasteiger partial charge is 0.214 e. The molecule has 3 rings (SSSR count). The molecule has 0 saturated carbocycles. The van der Waals surface area contributed by atoms with Crippen molar-refractivity contribution in [1.82, 2.24) is 25.5 Å². The Labute approximate surface area is 145 Å². The van der Waals surface area contributed by atoms with E-state index in [-0.39, 0.29) is 0 Å². The standard InChI is InChI=1S/C14H14BrN5S2/c15-11-8-13(22-10-11)9-16-6-7-21-14-17-18-19-20(14)12-4-2-1-3-5-12/h1-5,8,10,16H,6-7,9H2. The van der Waals surface area contributed by atoms with Crippen LogP contribution < -0.4 is 5.32 Å². The summed E-state index contributed by atoms with van der Waals surface area (Å²) in [4.78, 5) is 1.32. The third-order valence-electron chi connectivity index (χ3n) is 2.87. The summed E-state index contributed by atoms with van der Waals surface area (Å²) in [6.07, 6.45) is 0. The number of benzene rings is 1. The molecule has 0 fully saturated rings. The van der Waals surface area contributed by atoms with Crippen molar-refractivity contribution in [3.8, 4) is 5.69 Å². The summed E-state index contributed by atoms with van der Waals surface area (Å²) in [5.74, 6) is 0.916. The van der Waals surface area contributed by atoms with E-state index in [2.05, 4.69) is 48.2 Å². The van der Waals surface area contributed by atoms with Crippen LogP contribution in [0, 0.1) is 0 Å². The zero-order chi connectivity index (χ0) is 15.2. The molecular formula is C14H14BrN5S2. The molecule has 2 aromatic heterocycles. The molecule has 1 aromatic carbocycles. The molecule has 0 aliphatic carbocycles. The van der Waals surface area contributed by atoms with E-state index >= 15 is 0 Å². The Morgan fingerprint density at radius 1 is 1.27 bits per heavy atom. The molecule has 0 atom stereocenters. The molecule has 0 bridgehead atoms. The quantitative estimate of drug-likeness (QED) is 0.490. The molecule has 8 heteroatoms. The first kappa shape index (κ1) is 15.7. The van der Waals surface area contributed by atoms with Crippen LogP contribution in [0.3, 0.4) is 0 Å². The van der Waals surface area contributed by atoms with Gasteiger partial charge in [-0.3, -0.25) is 0 Å². The van der Waals surface area contributed by atoms with Gasteiger partial charge in [-0.1, -0.05) is 30.0 Å². The second-order valence-electron chi connectivity index (χ2n) is 4.47. The molecule has 0 aliphatic heterocycles. The average Bonchev–Trinajstić information content (AvgIpc) is 3.17. The predicted octanol–water partition coefficient (Wildman–Crippen LogP) is 3.37. The summed E-state index contributed by atoms with van der Waals surface area (Å²) in [7, 11) is 0. The summed E-state index contributed by atoms with van der Waals surface area (Å²) in [6.45, 7) is 1.79. The fraction of sp³-hybridized carbons (Fsp3) is 0.214. The van der Waals surface area contributed by atoms with Gasteiger partial charge >= 0.3 is 0 Å². The van der Waals surface area contributed by atoms with Crippen LogP contribution in [0.4, 0.5) is 0 Å². The summed E-state index contributed by atoms with van der Waals surface area (Å²) in [5, 5.41) is 18.2. The minimum atomic E-state index is 0.812. The molecule has 0 spiro atoms. The van der Waals surface area contributed by atoms with Gasteiger partial charge in [0.05, 0.1) is 5.69 Å². The molecule has 22 heavy (non-hydrogen) atoms. The number of tetrazole rings is 1. The Morgan fingerprint density at radius 3 is 2.91 bits per heavy atom. The molecule has 0 aliphatic rings. The van der Waals surface area contributed by atoms with E-state index in [1.54, 1.807) is 27.8 Å². The lowest BCUT2D eigenvalue weighted by molar-refractivity contribution is 0.735. The average molecular weight is 396 g/mol. The van der Waals surface area contributed by atoms with Crippen LogP contribution >= 0.6 is 39.0 Å². The van der Waals surface area contributed by atoms with Crippen LogP contribution in [0.5, 0.6) is 0 Å². The highest BCUT2D eigenvalue weighted by Crippen LogP contribution is 2.20. The van der Waals surface area contributed by atoms with Gasteiger partial charge < -0.3 is 5.32 Å². The second-order valence-corrected chi connectivity index (χ2v) is 7.44. The van der Waals surface area contributed by atoms with Gasteiger partial charge in [-0.15, -0.1) is 16.4 Å². The van der Waals surface area contributed by atoms with Crippen molar-refractivity contribution >= 4 is 39.0 Å². The van der Waals surface area contributed by atoms with Gasteiger partial charge in [0, 0.05) is 33.6 Å². The molecule has 1 N–H and O–H groups in total. The minimum Gasteiger partial charge on any atom is -0.311 e. The van der Waals surface area contributed by atoms with E-state index in [0.717, 1.165) is 34.2 Å². The van der Waals surface area contributed by atoms with Gasteiger partial charge in [-0.25, -0.2) is 0 Å². The van der Waals surface area contributed by atoms with Gasteiger partial charge in [-0.2, -0.15) is 4.68 Å². The number of hydrogen-bond acceptors (Lipinski definition) is 6. The van der Waals surface area contributed by atoms with Crippen LogP contribution in [0.15, 0.2) is 51.4 Å². The lowest BCUT2D eigenvalue weighted by Crippen LogP contribution is -2.16. The first-order valence-corrected chi connectivity index (χ1v) is 9.39. The van der Waals surface area contributed by atoms with E-state index in [9.17, 15) is 0 Å². The lowest BCUT2D eigenvalue weighted by Gasteiger charge is -2.04. The Kier molecular flexibility index (Phi) is 5.60. The third-order valence-corrected chi connectivity index (χ3v) is 5.49. The van der Waals surface area contributed by atoms with Crippen molar-refractivity contribution < 1.29 is 0 Å². The molecule has 0 unspecified atom stereocenters. The van der Waals surface area contributed by atoms with Crippen LogP contribution in [-0.4, -0.2) is 32.5 Å². The minimum absolute atomic E-state index is 0.812. The van der Waals surface area contributed by atoms with E-state index in [4.69, 9.17) is 0 Å². The lowest BCUT2D eigenvalue weighted by atomic mass is 10.3. The summed E-state index contributed by atoms with van der Waals surface area (Å²) in [5.41, 5.74) is 0.978. The Hall–Kier alpha value is -1.22. The van der Waals surface area contributed by atoms with Crippen molar-refractivity contribution in [1.29, 1.82) is 0 Å². The molecule has 3 aromatic rings. The molecule has 114 valence electrons. The highest BCUT2D eigenvalue weighted by Gasteiger charge is 2.08. The van der Waals surface area contributed by atoms with Crippen molar-refractivity contribution in [2.24, 2.45) is 0 Å². The summed E-state index contributed by atoms with van der Waals surface area (Å²) >= 11 is 6.86. The van der Waals surface area contributed by atoms with E-state index in [1.165, 1.54) is 4.88 Å². The normalized spacial score (nSPS) is 11.0. The van der Waals surface area contributed by atoms with Gasteiger partial charge in [0.1, 0.15) is 0 Å². The number of hydrogen-bond donors (Lipinski definition) is 1. The van der Waals surface area contributed by atoms with Crippen molar-refractivity contribution in [3.05, 3.63) is 51.1 Å². The topological polar surface area (TPSA) is 55.6 Å². The monoisotopic (exact) mass is 395 g/mol. The Bertz CT molecular complexity index is 713. The maximum absolute atomic E-state index is 4.08. The fourth-order valence-electron chi connectivity index (χ4n) is 1.87. The molecule has 2 heterocycles. The molecule has 0 saturated heterocycles. The third kappa shape index (κ3) is 4.16. The summed E-state index contributed by atoms with van der Waals surface area (Å²) in [6, 6.07) is 12.1. The predicted molar refractivity (Wildman–Crippen MR) is 93.6 cm³/mol. The number of nitrogens with zero attached hydrogens (tertiary/aromatic N) is 4. The maximum atomic E-state index is 4.08. The molecule has 5 nitrogen and oxygen atoms in total. The van der Waals surface area contributed by atoms with Crippen LogP contribution in [0.1, 0.15) is 4.88 Å². The van der Waals surface area contributed by atoms with Crippen molar-refractivity contribution in [3.63, 3.8) is 0 Å². The molecular weight excluding hydrogens is 382 g/mol. The first-order valence-electron chi connectivity index (χ1n) is 6.73. The number of halogens is 1. The molecule has 0 amide bonds. The zero-order valence-electron chi connectivity index (χ0n) is 11.6. The van der Waals surface area contributed by atoms with Crippen LogP contribution in [0.2, 0.25) is 0 Å². The van der Waals surface area contributed by atoms with Gasteiger partial charge in [-0.05, 0) is 44.6 Å². The number of thiophene rings is 1. The summed E-state index contributed by atoms with van der Waals surface area (Å²) < 4.78 is 2.91. The van der Waals surface area contributed by atoms with Crippen LogP contribution in [0.25, 0.3) is 5.69 Å². The number of thioether (sulfide) groups is 1. The number of rotatable bonds is 7. The zero-order valence-corrected chi connectivity index (χ0v) is 14.9. The van der Waals surface area contributed by atoms with Crippen molar-refractivity contribution in [2.75, 3.05) is 12.3 Å². The number of nitrogens with one attached hydrogen (secondary N) is 1. The van der Waals surface area contributed by atoms with Gasteiger partial charge in [0.2, 0.25) is 5.16 Å². The van der Waals surface area contributed by atoms with E-state index < -0.39 is 0 Å². The Morgan fingerprint density at radius 2 is 2.14 bits per heavy atom. The van der Waals surface area contributed by atoms with E-state index in [1.807, 2.05) is 30.3 Å². The fourth-order valence-corrected chi connectivity index (χ4v) is 4.08. The van der Waals surface area contributed by atoms with Crippen molar-refractivity contribution in [2.45, 2.75) is 11.7 Å². The second kappa shape index (κ2) is 7.87. The SMILES string of the molecule is Brc1csc(CNCCSc2nnnn2-c2ccccc2)c1. The van der Waals surface area contributed by atoms with Crippen LogP contribution in [-0.2, 0) is 6.54 Å². The van der Waals surface area contributed by atoms with E-state index in [0.29, 0.717) is 0 Å².